The molecular weight excluding hydrogens is 232 g/mol. The highest BCUT2D eigenvalue weighted by molar-refractivity contribution is 5.83. The van der Waals surface area contributed by atoms with E-state index in [0.717, 1.165) is 32.4 Å². The third kappa shape index (κ3) is 2.83. The van der Waals surface area contributed by atoms with Gasteiger partial charge in [0.05, 0.1) is 5.41 Å². The van der Waals surface area contributed by atoms with E-state index < -0.39 is 5.97 Å². The molecule has 0 saturated carbocycles. The quantitative estimate of drug-likeness (QED) is 0.778. The van der Waals surface area contributed by atoms with Crippen molar-refractivity contribution in [1.29, 1.82) is 0 Å². The Hall–Kier alpha value is -1.10. The third-order valence-electron chi connectivity index (χ3n) is 4.15. The molecule has 2 atom stereocenters. The number of carboxylic acids is 1. The Balaban J connectivity index is 1.92. The Morgan fingerprint density at radius 3 is 2.89 bits per heavy atom. The minimum Gasteiger partial charge on any atom is -0.481 e. The molecular formula is C13H22N2O3. The number of aliphatic carboxylic acids is 1. The Bertz CT molecular complexity index is 337. The van der Waals surface area contributed by atoms with Gasteiger partial charge in [0.2, 0.25) is 5.91 Å². The van der Waals surface area contributed by atoms with Gasteiger partial charge < -0.3 is 15.3 Å². The summed E-state index contributed by atoms with van der Waals surface area (Å²) in [6, 6.07) is 0. The van der Waals surface area contributed by atoms with E-state index >= 15 is 0 Å². The van der Waals surface area contributed by atoms with Crippen LogP contribution in [0.25, 0.3) is 0 Å². The highest BCUT2D eigenvalue weighted by atomic mass is 16.4. The lowest BCUT2D eigenvalue weighted by Gasteiger charge is -2.36. The normalized spacial score (nSPS) is 32.5. The summed E-state index contributed by atoms with van der Waals surface area (Å²) in [7, 11) is 0. The number of piperidine rings is 1. The number of nitrogens with zero attached hydrogens (tertiary/aromatic N) is 1. The van der Waals surface area contributed by atoms with Crippen LogP contribution in [0.5, 0.6) is 0 Å². The molecule has 5 heteroatoms. The topological polar surface area (TPSA) is 69.6 Å². The van der Waals surface area contributed by atoms with Gasteiger partial charge in [0.1, 0.15) is 0 Å². The number of likely N-dealkylation sites (tertiary alicyclic amines) is 1. The molecule has 0 aromatic heterocycles. The maximum atomic E-state index is 12.5. The monoisotopic (exact) mass is 254 g/mol. The van der Waals surface area contributed by atoms with Crippen LogP contribution in [0.15, 0.2) is 0 Å². The van der Waals surface area contributed by atoms with E-state index in [1.54, 1.807) is 0 Å². The van der Waals surface area contributed by atoms with Crippen LogP contribution >= 0.6 is 0 Å². The van der Waals surface area contributed by atoms with Crippen molar-refractivity contribution in [2.24, 2.45) is 11.3 Å². The van der Waals surface area contributed by atoms with Crippen LogP contribution in [0.2, 0.25) is 0 Å². The van der Waals surface area contributed by atoms with Crippen LogP contribution in [0.4, 0.5) is 0 Å². The summed E-state index contributed by atoms with van der Waals surface area (Å²) in [5.41, 5.74) is -0.295. The van der Waals surface area contributed by atoms with Gasteiger partial charge in [0.25, 0.3) is 0 Å². The number of hydrogen-bond acceptors (Lipinski definition) is 3. The second-order valence-electron chi connectivity index (χ2n) is 5.84. The van der Waals surface area contributed by atoms with E-state index in [9.17, 15) is 9.59 Å². The van der Waals surface area contributed by atoms with Crippen LogP contribution in [0, 0.1) is 11.3 Å². The molecule has 2 aliphatic rings. The Labute approximate surface area is 108 Å². The number of carbonyl (C=O) groups excluding carboxylic acids is 1. The first-order chi connectivity index (χ1) is 8.51. The zero-order valence-electron chi connectivity index (χ0n) is 10.9. The van der Waals surface area contributed by atoms with Crippen molar-refractivity contribution in [1.82, 2.24) is 10.2 Å². The molecule has 0 aromatic carbocycles. The molecule has 2 N–H and O–H groups in total. The summed E-state index contributed by atoms with van der Waals surface area (Å²) in [4.78, 5) is 25.0. The van der Waals surface area contributed by atoms with Crippen molar-refractivity contribution in [3.05, 3.63) is 0 Å². The number of rotatable bonds is 3. The lowest BCUT2D eigenvalue weighted by Crippen LogP contribution is -2.49. The van der Waals surface area contributed by atoms with Gasteiger partial charge in [-0.2, -0.15) is 0 Å². The van der Waals surface area contributed by atoms with Crippen LogP contribution in [0.1, 0.15) is 32.6 Å². The van der Waals surface area contributed by atoms with Crippen molar-refractivity contribution >= 4 is 11.9 Å². The Morgan fingerprint density at radius 2 is 2.28 bits per heavy atom. The lowest BCUT2D eigenvalue weighted by molar-refractivity contribution is -0.142. The average molecular weight is 254 g/mol. The van der Waals surface area contributed by atoms with E-state index in [4.69, 9.17) is 5.11 Å². The van der Waals surface area contributed by atoms with E-state index in [1.165, 1.54) is 0 Å². The molecule has 0 radical (unpaired) electrons. The van der Waals surface area contributed by atoms with Crippen molar-refractivity contribution in [2.75, 3.05) is 26.2 Å². The summed E-state index contributed by atoms with van der Waals surface area (Å²) >= 11 is 0. The van der Waals surface area contributed by atoms with E-state index in [1.807, 2.05) is 11.8 Å². The van der Waals surface area contributed by atoms with Gasteiger partial charge in [0.15, 0.2) is 0 Å². The molecule has 0 spiro atoms. The van der Waals surface area contributed by atoms with Gasteiger partial charge in [-0.15, -0.1) is 0 Å². The maximum Gasteiger partial charge on any atom is 0.303 e. The van der Waals surface area contributed by atoms with E-state index in [2.05, 4.69) is 5.32 Å². The van der Waals surface area contributed by atoms with Crippen LogP contribution in [0.3, 0.4) is 0 Å². The second kappa shape index (κ2) is 5.26. The van der Waals surface area contributed by atoms with Gasteiger partial charge in [-0.3, -0.25) is 9.59 Å². The predicted octanol–water partition coefficient (Wildman–Crippen LogP) is 0.699. The summed E-state index contributed by atoms with van der Waals surface area (Å²) in [6.45, 7) is 5.08. The first-order valence-electron chi connectivity index (χ1n) is 6.73. The second-order valence-corrected chi connectivity index (χ2v) is 5.84. The fourth-order valence-corrected chi connectivity index (χ4v) is 3.05. The summed E-state index contributed by atoms with van der Waals surface area (Å²) < 4.78 is 0. The van der Waals surface area contributed by atoms with E-state index in [0.29, 0.717) is 13.1 Å². The van der Waals surface area contributed by atoms with Gasteiger partial charge >= 0.3 is 5.97 Å². The first kappa shape index (κ1) is 13.3. The SMILES string of the molecule is CC1(C(=O)N2CCC(CC(=O)O)C2)CCCNC1. The largest absolute Gasteiger partial charge is 0.481 e. The highest BCUT2D eigenvalue weighted by Gasteiger charge is 2.40. The smallest absolute Gasteiger partial charge is 0.303 e. The maximum absolute atomic E-state index is 12.5. The van der Waals surface area contributed by atoms with Crippen molar-refractivity contribution in [3.63, 3.8) is 0 Å². The Kier molecular flexibility index (Phi) is 3.90. The number of carbonyl (C=O) groups is 2. The zero-order chi connectivity index (χ0) is 13.2. The van der Waals surface area contributed by atoms with E-state index in [-0.39, 0.29) is 23.7 Å². The summed E-state index contributed by atoms with van der Waals surface area (Å²) in [5.74, 6) is -0.436. The molecule has 2 rings (SSSR count). The van der Waals surface area contributed by atoms with Crippen molar-refractivity contribution < 1.29 is 14.7 Å². The molecule has 18 heavy (non-hydrogen) atoms. The number of hydrogen-bond donors (Lipinski definition) is 2. The molecule has 2 unspecified atom stereocenters. The van der Waals surface area contributed by atoms with Gasteiger partial charge in [-0.05, 0) is 38.6 Å². The van der Waals surface area contributed by atoms with Gasteiger partial charge in [-0.1, -0.05) is 0 Å². The molecule has 2 fully saturated rings. The number of nitrogens with one attached hydrogen (secondary N) is 1. The highest BCUT2D eigenvalue weighted by Crippen LogP contribution is 2.31. The first-order valence-corrected chi connectivity index (χ1v) is 6.73. The van der Waals surface area contributed by atoms with Crippen molar-refractivity contribution in [2.45, 2.75) is 32.6 Å². The van der Waals surface area contributed by atoms with Crippen LogP contribution < -0.4 is 5.32 Å². The molecule has 0 aliphatic carbocycles. The van der Waals surface area contributed by atoms with Crippen molar-refractivity contribution in [3.8, 4) is 0 Å². The molecule has 102 valence electrons. The van der Waals surface area contributed by atoms with Crippen LogP contribution in [-0.2, 0) is 9.59 Å². The molecule has 2 aliphatic heterocycles. The molecule has 2 saturated heterocycles. The molecule has 1 amide bonds. The number of amides is 1. The van der Waals surface area contributed by atoms with Gasteiger partial charge in [-0.25, -0.2) is 0 Å². The fraction of sp³-hybridized carbons (Fsp3) is 0.846. The average Bonchev–Trinajstić information content (AvgIpc) is 2.76. The predicted molar refractivity (Wildman–Crippen MR) is 67.2 cm³/mol. The van der Waals surface area contributed by atoms with Gasteiger partial charge in [0, 0.05) is 26.1 Å². The minimum atomic E-state index is -0.764. The summed E-state index contributed by atoms with van der Waals surface area (Å²) in [6.07, 6.45) is 2.97. The lowest BCUT2D eigenvalue weighted by atomic mass is 9.81. The standard InChI is InChI=1S/C13H22N2O3/c1-13(4-2-5-14-9-13)12(18)15-6-3-10(8-15)7-11(16)17/h10,14H,2-9H2,1H3,(H,16,17). The molecule has 0 aromatic rings. The minimum absolute atomic E-state index is 0.131. The molecule has 0 bridgehead atoms. The zero-order valence-corrected chi connectivity index (χ0v) is 10.9. The Morgan fingerprint density at radius 1 is 1.50 bits per heavy atom. The summed E-state index contributed by atoms with van der Waals surface area (Å²) in [5, 5.41) is 12.1. The van der Waals surface area contributed by atoms with Crippen LogP contribution in [-0.4, -0.2) is 48.1 Å². The third-order valence-corrected chi connectivity index (χ3v) is 4.15. The fourth-order valence-electron chi connectivity index (χ4n) is 3.05. The molecule has 5 nitrogen and oxygen atoms in total. The molecule has 2 heterocycles. The number of carboxylic acid groups (broad SMARTS) is 1.